The Bertz CT molecular complexity index is 608. The first-order valence-electron chi connectivity index (χ1n) is 6.89. The number of rotatable bonds is 3. The molecule has 20 heavy (non-hydrogen) atoms. The van der Waals surface area contributed by atoms with Crippen LogP contribution in [0.25, 0.3) is 0 Å². The Morgan fingerprint density at radius 1 is 0.950 bits per heavy atom. The number of aliphatic hydroxyl groups is 1. The van der Waals surface area contributed by atoms with Crippen molar-refractivity contribution in [1.82, 2.24) is 0 Å². The molecule has 0 saturated carbocycles. The summed E-state index contributed by atoms with van der Waals surface area (Å²) < 4.78 is 0. The Hall–Kier alpha value is -1.31. The standard InChI is InChI=1S/C18H21ClO/c1-11-7-13(3)16(14(4)8-11)10-18(20)15-6-5-12(2)17(19)9-15/h5-9,18,20H,10H2,1-4H3. The Morgan fingerprint density at radius 3 is 2.10 bits per heavy atom. The normalized spacial score (nSPS) is 12.5. The molecular weight excluding hydrogens is 268 g/mol. The van der Waals surface area contributed by atoms with Crippen molar-refractivity contribution in [2.75, 3.05) is 0 Å². The number of halogens is 1. The zero-order chi connectivity index (χ0) is 14.9. The van der Waals surface area contributed by atoms with Gasteiger partial charge < -0.3 is 5.11 Å². The zero-order valence-corrected chi connectivity index (χ0v) is 13.3. The van der Waals surface area contributed by atoms with Gasteiger partial charge in [0.2, 0.25) is 0 Å². The lowest BCUT2D eigenvalue weighted by Crippen LogP contribution is -2.05. The molecule has 1 N–H and O–H groups in total. The third-order valence-electron chi connectivity index (χ3n) is 3.82. The van der Waals surface area contributed by atoms with E-state index in [9.17, 15) is 5.11 Å². The van der Waals surface area contributed by atoms with Gasteiger partial charge in [-0.1, -0.05) is 41.4 Å². The lowest BCUT2D eigenvalue weighted by Gasteiger charge is -2.16. The molecule has 0 radical (unpaired) electrons. The summed E-state index contributed by atoms with van der Waals surface area (Å²) in [5.41, 5.74) is 6.86. The minimum Gasteiger partial charge on any atom is -0.388 e. The number of hydrogen-bond acceptors (Lipinski definition) is 1. The van der Waals surface area contributed by atoms with E-state index in [0.717, 1.165) is 11.1 Å². The quantitative estimate of drug-likeness (QED) is 0.856. The summed E-state index contributed by atoms with van der Waals surface area (Å²) in [7, 11) is 0. The maximum Gasteiger partial charge on any atom is 0.0831 e. The summed E-state index contributed by atoms with van der Waals surface area (Å²) in [5, 5.41) is 11.2. The molecule has 0 saturated heterocycles. The van der Waals surface area contributed by atoms with Crippen molar-refractivity contribution in [2.24, 2.45) is 0 Å². The molecule has 1 atom stereocenters. The fraction of sp³-hybridized carbons (Fsp3) is 0.333. The van der Waals surface area contributed by atoms with Crippen molar-refractivity contribution < 1.29 is 5.11 Å². The van der Waals surface area contributed by atoms with Gasteiger partial charge >= 0.3 is 0 Å². The highest BCUT2D eigenvalue weighted by molar-refractivity contribution is 6.31. The van der Waals surface area contributed by atoms with E-state index in [2.05, 4.69) is 32.9 Å². The van der Waals surface area contributed by atoms with Gasteiger partial charge in [-0.3, -0.25) is 0 Å². The van der Waals surface area contributed by atoms with Gasteiger partial charge in [0.1, 0.15) is 0 Å². The van der Waals surface area contributed by atoms with Crippen LogP contribution in [0.2, 0.25) is 5.02 Å². The summed E-state index contributed by atoms with van der Waals surface area (Å²) in [4.78, 5) is 0. The fourth-order valence-electron chi connectivity index (χ4n) is 2.66. The number of hydrogen-bond donors (Lipinski definition) is 1. The molecule has 0 aliphatic rings. The zero-order valence-electron chi connectivity index (χ0n) is 12.5. The third kappa shape index (κ3) is 3.23. The van der Waals surface area contributed by atoms with Gasteiger partial charge in [0.15, 0.2) is 0 Å². The molecule has 2 aromatic carbocycles. The topological polar surface area (TPSA) is 20.2 Å². The molecule has 2 aromatic rings. The van der Waals surface area contributed by atoms with Crippen molar-refractivity contribution in [3.05, 3.63) is 68.7 Å². The second-order valence-corrected chi connectivity index (χ2v) is 6.01. The van der Waals surface area contributed by atoms with Crippen molar-refractivity contribution in [3.63, 3.8) is 0 Å². The molecule has 0 aromatic heterocycles. The van der Waals surface area contributed by atoms with Crippen LogP contribution in [0.5, 0.6) is 0 Å². The molecule has 0 aliphatic heterocycles. The minimum atomic E-state index is -0.520. The van der Waals surface area contributed by atoms with E-state index in [1.165, 1.54) is 22.3 Å². The molecular formula is C18H21ClO. The van der Waals surface area contributed by atoms with Crippen LogP contribution in [0.3, 0.4) is 0 Å². The number of aryl methyl sites for hydroxylation is 4. The average molecular weight is 289 g/mol. The Morgan fingerprint density at radius 2 is 1.55 bits per heavy atom. The highest BCUT2D eigenvalue weighted by atomic mass is 35.5. The van der Waals surface area contributed by atoms with E-state index in [0.29, 0.717) is 11.4 Å². The second kappa shape index (κ2) is 5.99. The lowest BCUT2D eigenvalue weighted by atomic mass is 9.93. The van der Waals surface area contributed by atoms with Crippen molar-refractivity contribution in [3.8, 4) is 0 Å². The minimum absolute atomic E-state index is 0.520. The molecule has 1 unspecified atom stereocenters. The van der Waals surface area contributed by atoms with Gasteiger partial charge in [-0.2, -0.15) is 0 Å². The van der Waals surface area contributed by atoms with Crippen LogP contribution in [0.1, 0.15) is 39.5 Å². The molecule has 2 rings (SSSR count). The van der Waals surface area contributed by atoms with Crippen LogP contribution >= 0.6 is 11.6 Å². The molecule has 0 aliphatic carbocycles. The van der Waals surface area contributed by atoms with Gasteiger partial charge in [-0.05, 0) is 61.6 Å². The van der Waals surface area contributed by atoms with E-state index in [1.807, 2.05) is 25.1 Å². The van der Waals surface area contributed by atoms with Gasteiger partial charge in [-0.25, -0.2) is 0 Å². The number of aliphatic hydroxyl groups excluding tert-OH is 1. The monoisotopic (exact) mass is 288 g/mol. The lowest BCUT2D eigenvalue weighted by molar-refractivity contribution is 0.178. The van der Waals surface area contributed by atoms with Gasteiger partial charge in [-0.15, -0.1) is 0 Å². The van der Waals surface area contributed by atoms with Crippen LogP contribution in [0.15, 0.2) is 30.3 Å². The van der Waals surface area contributed by atoms with E-state index < -0.39 is 6.10 Å². The fourth-order valence-corrected chi connectivity index (χ4v) is 2.85. The molecule has 0 amide bonds. The molecule has 0 bridgehead atoms. The maximum absolute atomic E-state index is 10.4. The smallest absolute Gasteiger partial charge is 0.0831 e. The van der Waals surface area contributed by atoms with Crippen LogP contribution in [-0.4, -0.2) is 5.11 Å². The Balaban J connectivity index is 2.27. The van der Waals surface area contributed by atoms with Crippen molar-refractivity contribution in [2.45, 2.75) is 40.2 Å². The molecule has 1 nitrogen and oxygen atoms in total. The van der Waals surface area contributed by atoms with E-state index in [-0.39, 0.29) is 0 Å². The molecule has 0 spiro atoms. The van der Waals surface area contributed by atoms with Gasteiger partial charge in [0.05, 0.1) is 6.10 Å². The summed E-state index contributed by atoms with van der Waals surface area (Å²) in [5.74, 6) is 0. The summed E-state index contributed by atoms with van der Waals surface area (Å²) in [6.07, 6.45) is 0.102. The summed E-state index contributed by atoms with van der Waals surface area (Å²) in [6.45, 7) is 8.26. The van der Waals surface area contributed by atoms with E-state index in [1.54, 1.807) is 0 Å². The average Bonchev–Trinajstić information content (AvgIpc) is 2.36. The first-order chi connectivity index (χ1) is 9.38. The predicted octanol–water partition coefficient (Wildman–Crippen LogP) is 4.85. The van der Waals surface area contributed by atoms with Crippen LogP contribution in [-0.2, 0) is 6.42 Å². The van der Waals surface area contributed by atoms with Crippen molar-refractivity contribution in [1.29, 1.82) is 0 Å². The third-order valence-corrected chi connectivity index (χ3v) is 4.23. The first-order valence-corrected chi connectivity index (χ1v) is 7.27. The number of benzene rings is 2. The largest absolute Gasteiger partial charge is 0.388 e. The summed E-state index contributed by atoms with van der Waals surface area (Å²) in [6, 6.07) is 10.1. The molecule has 2 heteroatoms. The van der Waals surface area contributed by atoms with Crippen LogP contribution in [0, 0.1) is 27.7 Å². The van der Waals surface area contributed by atoms with Crippen LogP contribution in [0.4, 0.5) is 0 Å². The van der Waals surface area contributed by atoms with E-state index >= 15 is 0 Å². The Kier molecular flexibility index (Phi) is 4.52. The van der Waals surface area contributed by atoms with Gasteiger partial charge in [0, 0.05) is 11.4 Å². The Labute approximate surface area is 126 Å². The van der Waals surface area contributed by atoms with E-state index in [4.69, 9.17) is 11.6 Å². The maximum atomic E-state index is 10.4. The molecule has 0 heterocycles. The summed E-state index contributed by atoms with van der Waals surface area (Å²) >= 11 is 6.13. The van der Waals surface area contributed by atoms with Crippen molar-refractivity contribution >= 4 is 11.6 Å². The highest BCUT2D eigenvalue weighted by Gasteiger charge is 2.13. The molecule has 0 fully saturated rings. The SMILES string of the molecule is Cc1cc(C)c(CC(O)c2ccc(C)c(Cl)c2)c(C)c1. The highest BCUT2D eigenvalue weighted by Crippen LogP contribution is 2.26. The first kappa shape index (κ1) is 15.1. The predicted molar refractivity (Wildman–Crippen MR) is 85.5 cm³/mol. The van der Waals surface area contributed by atoms with Gasteiger partial charge in [0.25, 0.3) is 0 Å². The molecule has 106 valence electrons. The second-order valence-electron chi connectivity index (χ2n) is 5.61. The van der Waals surface area contributed by atoms with Crippen LogP contribution < -0.4 is 0 Å².